The fraction of sp³-hybridized carbons (Fsp3) is 1.00. The maximum absolute atomic E-state index is 10.7. The van der Waals surface area contributed by atoms with Crippen LogP contribution in [-0.4, -0.2) is 25.1 Å². The Labute approximate surface area is 69.4 Å². The molecule has 0 aliphatic carbocycles. The van der Waals surface area contributed by atoms with E-state index in [1.807, 2.05) is 22.6 Å². The van der Waals surface area contributed by atoms with Gasteiger partial charge >= 0.3 is 0 Å². The minimum absolute atomic E-state index is 0.224. The van der Waals surface area contributed by atoms with Crippen LogP contribution in [-0.2, 0) is 10.0 Å². The summed E-state index contributed by atoms with van der Waals surface area (Å²) < 4.78 is 24.5. The minimum Gasteiger partial charge on any atom is -0.215 e. The molecule has 0 fully saturated rings. The van der Waals surface area contributed by atoms with E-state index in [9.17, 15) is 8.42 Å². The molecule has 0 amide bonds. The lowest BCUT2D eigenvalue weighted by atomic mass is 10.8. The molecule has 5 heteroatoms. The lowest BCUT2D eigenvalue weighted by molar-refractivity contribution is 0.586. The Morgan fingerprint density at radius 3 is 2.44 bits per heavy atom. The van der Waals surface area contributed by atoms with Crippen LogP contribution in [0.5, 0.6) is 0 Å². The van der Waals surface area contributed by atoms with Crippen molar-refractivity contribution in [3.8, 4) is 0 Å². The second-order valence-corrected chi connectivity index (χ2v) is 4.51. The van der Waals surface area contributed by atoms with Gasteiger partial charge in [0.05, 0.1) is 5.75 Å². The van der Waals surface area contributed by atoms with Crippen LogP contribution in [0.25, 0.3) is 0 Å². The van der Waals surface area contributed by atoms with Gasteiger partial charge in [-0.3, -0.25) is 0 Å². The molecule has 0 bridgehead atoms. The standard InChI is InChI=1S/C4H10INO2S/c1-2-6-9(7,8)4-3-5/h6H,2-4H2,1H3. The Morgan fingerprint density at radius 2 is 2.11 bits per heavy atom. The highest BCUT2D eigenvalue weighted by atomic mass is 127. The smallest absolute Gasteiger partial charge is 0.212 e. The van der Waals surface area contributed by atoms with Crippen LogP contribution in [0.1, 0.15) is 6.92 Å². The highest BCUT2D eigenvalue weighted by Crippen LogP contribution is 1.87. The van der Waals surface area contributed by atoms with Crippen molar-refractivity contribution in [3.63, 3.8) is 0 Å². The molecule has 56 valence electrons. The van der Waals surface area contributed by atoms with Crippen LogP contribution in [0, 0.1) is 0 Å². The maximum atomic E-state index is 10.7. The Morgan fingerprint density at radius 1 is 1.56 bits per heavy atom. The zero-order valence-corrected chi connectivity index (χ0v) is 8.20. The summed E-state index contributed by atoms with van der Waals surface area (Å²) in [4.78, 5) is 0. The first-order valence-corrected chi connectivity index (χ1v) is 5.83. The summed E-state index contributed by atoms with van der Waals surface area (Å²) in [7, 11) is -2.94. The summed E-state index contributed by atoms with van der Waals surface area (Å²) in [6.07, 6.45) is 0. The molecule has 0 radical (unpaired) electrons. The monoisotopic (exact) mass is 263 g/mol. The molecule has 0 aromatic carbocycles. The Hall–Kier alpha value is 0.640. The van der Waals surface area contributed by atoms with Crippen molar-refractivity contribution >= 4 is 32.6 Å². The van der Waals surface area contributed by atoms with Gasteiger partial charge in [0.15, 0.2) is 0 Å². The molecule has 0 rings (SSSR count). The van der Waals surface area contributed by atoms with E-state index in [-0.39, 0.29) is 5.75 Å². The number of sulfonamides is 1. The molecule has 0 saturated heterocycles. The third-order valence-corrected chi connectivity index (χ3v) is 3.45. The SMILES string of the molecule is CCNS(=O)(=O)CCI. The van der Waals surface area contributed by atoms with Crippen molar-refractivity contribution in [1.29, 1.82) is 0 Å². The first-order valence-electron chi connectivity index (χ1n) is 2.65. The van der Waals surface area contributed by atoms with Gasteiger partial charge in [0.2, 0.25) is 10.0 Å². The maximum Gasteiger partial charge on any atom is 0.212 e. The van der Waals surface area contributed by atoms with Crippen LogP contribution in [0.3, 0.4) is 0 Å². The number of rotatable bonds is 4. The Balaban J connectivity index is 3.73. The van der Waals surface area contributed by atoms with Gasteiger partial charge in [-0.1, -0.05) is 29.5 Å². The fourth-order valence-electron chi connectivity index (χ4n) is 0.394. The molecule has 0 heterocycles. The summed E-state index contributed by atoms with van der Waals surface area (Å²) in [6.45, 7) is 2.25. The van der Waals surface area contributed by atoms with Gasteiger partial charge in [0.1, 0.15) is 0 Å². The van der Waals surface area contributed by atoms with E-state index in [0.29, 0.717) is 11.0 Å². The topological polar surface area (TPSA) is 46.2 Å². The van der Waals surface area contributed by atoms with Gasteiger partial charge in [-0.2, -0.15) is 0 Å². The van der Waals surface area contributed by atoms with Crippen molar-refractivity contribution in [2.45, 2.75) is 6.92 Å². The van der Waals surface area contributed by atoms with Gasteiger partial charge in [-0.05, 0) is 0 Å². The molecule has 9 heavy (non-hydrogen) atoms. The molecule has 3 nitrogen and oxygen atoms in total. The first-order chi connectivity index (χ1) is 4.12. The average molecular weight is 263 g/mol. The molecule has 0 spiro atoms. The summed E-state index contributed by atoms with van der Waals surface area (Å²) in [5.74, 6) is 0.224. The van der Waals surface area contributed by atoms with E-state index >= 15 is 0 Å². The fourth-order valence-corrected chi connectivity index (χ4v) is 2.92. The van der Waals surface area contributed by atoms with Crippen molar-refractivity contribution < 1.29 is 8.42 Å². The number of nitrogens with one attached hydrogen (secondary N) is 1. The normalized spacial score (nSPS) is 11.8. The lowest BCUT2D eigenvalue weighted by Gasteiger charge is -1.99. The summed E-state index contributed by atoms with van der Waals surface area (Å²) in [6, 6.07) is 0. The van der Waals surface area contributed by atoms with Crippen molar-refractivity contribution in [2.75, 3.05) is 16.7 Å². The van der Waals surface area contributed by atoms with E-state index in [0.717, 1.165) is 0 Å². The largest absolute Gasteiger partial charge is 0.215 e. The highest BCUT2D eigenvalue weighted by molar-refractivity contribution is 14.1. The van der Waals surface area contributed by atoms with Gasteiger partial charge in [-0.15, -0.1) is 0 Å². The molecule has 0 saturated carbocycles. The van der Waals surface area contributed by atoms with E-state index in [1.54, 1.807) is 6.92 Å². The number of alkyl halides is 1. The molecule has 0 aliphatic heterocycles. The van der Waals surface area contributed by atoms with Crippen LogP contribution in [0.4, 0.5) is 0 Å². The molecule has 0 unspecified atom stereocenters. The Kier molecular flexibility index (Phi) is 4.77. The van der Waals surface area contributed by atoms with Gasteiger partial charge in [0.25, 0.3) is 0 Å². The minimum atomic E-state index is -2.94. The molecular weight excluding hydrogens is 253 g/mol. The Bertz CT molecular complexity index is 142. The summed E-state index contributed by atoms with van der Waals surface area (Å²) >= 11 is 2.03. The molecule has 0 aromatic heterocycles. The second kappa shape index (κ2) is 4.45. The van der Waals surface area contributed by atoms with Crippen molar-refractivity contribution in [1.82, 2.24) is 4.72 Å². The summed E-state index contributed by atoms with van der Waals surface area (Å²) in [5.41, 5.74) is 0. The second-order valence-electron chi connectivity index (χ2n) is 1.51. The highest BCUT2D eigenvalue weighted by Gasteiger charge is 2.04. The van der Waals surface area contributed by atoms with Crippen LogP contribution in [0.2, 0.25) is 0 Å². The third kappa shape index (κ3) is 5.10. The van der Waals surface area contributed by atoms with E-state index < -0.39 is 10.0 Å². The van der Waals surface area contributed by atoms with Gasteiger partial charge in [-0.25, -0.2) is 13.1 Å². The van der Waals surface area contributed by atoms with Crippen LogP contribution < -0.4 is 4.72 Å². The van der Waals surface area contributed by atoms with Crippen molar-refractivity contribution in [2.24, 2.45) is 0 Å². The van der Waals surface area contributed by atoms with Gasteiger partial charge < -0.3 is 0 Å². The molecule has 0 aromatic rings. The molecular formula is C4H10INO2S. The van der Waals surface area contributed by atoms with E-state index in [4.69, 9.17) is 0 Å². The quantitative estimate of drug-likeness (QED) is 0.588. The van der Waals surface area contributed by atoms with Crippen molar-refractivity contribution in [3.05, 3.63) is 0 Å². The van der Waals surface area contributed by atoms with E-state index in [1.165, 1.54) is 0 Å². The number of hydrogen-bond acceptors (Lipinski definition) is 2. The predicted molar refractivity (Wildman–Crippen MR) is 46.4 cm³/mol. The third-order valence-electron chi connectivity index (χ3n) is 0.710. The molecule has 0 atom stereocenters. The zero-order chi connectivity index (χ0) is 7.33. The summed E-state index contributed by atoms with van der Waals surface area (Å²) in [5, 5.41) is 0. The molecule has 1 N–H and O–H groups in total. The number of halogens is 1. The zero-order valence-electron chi connectivity index (χ0n) is 5.22. The van der Waals surface area contributed by atoms with Crippen LogP contribution in [0.15, 0.2) is 0 Å². The van der Waals surface area contributed by atoms with E-state index in [2.05, 4.69) is 4.72 Å². The first kappa shape index (κ1) is 9.64. The van der Waals surface area contributed by atoms with Gasteiger partial charge in [0, 0.05) is 11.0 Å². The number of hydrogen-bond donors (Lipinski definition) is 1. The predicted octanol–water partition coefficient (Wildman–Crippen LogP) is 0.361. The average Bonchev–Trinajstić information content (AvgIpc) is 1.64. The molecule has 0 aliphatic rings. The van der Waals surface area contributed by atoms with Crippen LogP contribution >= 0.6 is 22.6 Å². The lowest BCUT2D eigenvalue weighted by Crippen LogP contribution is -2.26.